The van der Waals surface area contributed by atoms with Crippen LogP contribution in [0, 0.1) is 0 Å². The van der Waals surface area contributed by atoms with Crippen molar-refractivity contribution < 1.29 is 9.47 Å². The van der Waals surface area contributed by atoms with Crippen molar-refractivity contribution in [2.45, 2.75) is 6.10 Å². The summed E-state index contributed by atoms with van der Waals surface area (Å²) in [4.78, 5) is 17.5. The fraction of sp³-hybridized carbons (Fsp3) is 0.200. The van der Waals surface area contributed by atoms with E-state index in [2.05, 4.69) is 20.9 Å². The second kappa shape index (κ2) is 6.21. The van der Waals surface area contributed by atoms with E-state index < -0.39 is 0 Å². The van der Waals surface area contributed by atoms with Crippen LogP contribution >= 0.6 is 15.9 Å². The number of halogens is 1. The Morgan fingerprint density at radius 1 is 1.19 bits per heavy atom. The van der Waals surface area contributed by atoms with Gasteiger partial charge in [-0.05, 0) is 42.5 Å². The molecule has 4 aromatic rings. The van der Waals surface area contributed by atoms with Gasteiger partial charge in [0.15, 0.2) is 0 Å². The van der Waals surface area contributed by atoms with Crippen LogP contribution < -0.4 is 10.4 Å². The number of rotatable bonds is 3. The average molecular weight is 426 g/mol. The summed E-state index contributed by atoms with van der Waals surface area (Å²) in [6, 6.07) is 13.5. The van der Waals surface area contributed by atoms with Crippen molar-refractivity contribution in [2.75, 3.05) is 13.2 Å². The highest BCUT2D eigenvalue weighted by atomic mass is 79.9. The van der Waals surface area contributed by atoms with E-state index in [1.807, 2.05) is 42.5 Å². The Balaban J connectivity index is 1.71. The average Bonchev–Trinajstić information content (AvgIpc) is 2.90. The van der Waals surface area contributed by atoms with Gasteiger partial charge >= 0.3 is 5.69 Å². The standard InChI is InChI=1S/C20H16BrN3O3/c1-23-18-9-22-17-7-2-12(21)8-16(17)19(18)24(20(23)25)13-3-5-14(6-4-13)27-15-10-26-11-15/h2-9,15H,10-11H2,1H3. The predicted octanol–water partition coefficient (Wildman–Crippen LogP) is 3.42. The van der Waals surface area contributed by atoms with Gasteiger partial charge < -0.3 is 9.47 Å². The number of hydrogen-bond acceptors (Lipinski definition) is 4. The quantitative estimate of drug-likeness (QED) is 0.504. The third-order valence-electron chi connectivity index (χ3n) is 4.85. The lowest BCUT2D eigenvalue weighted by Gasteiger charge is -2.26. The number of ether oxygens (including phenoxy) is 2. The van der Waals surface area contributed by atoms with Crippen LogP contribution in [0.25, 0.3) is 27.6 Å². The van der Waals surface area contributed by atoms with E-state index in [-0.39, 0.29) is 11.8 Å². The van der Waals surface area contributed by atoms with Crippen LogP contribution in [0.5, 0.6) is 5.75 Å². The van der Waals surface area contributed by atoms with E-state index in [0.717, 1.165) is 37.8 Å². The molecule has 2 aromatic carbocycles. The van der Waals surface area contributed by atoms with Gasteiger partial charge in [-0.3, -0.25) is 14.1 Å². The molecule has 0 saturated carbocycles. The van der Waals surface area contributed by atoms with Crippen LogP contribution in [0.4, 0.5) is 0 Å². The zero-order chi connectivity index (χ0) is 18.5. The molecule has 5 rings (SSSR count). The molecule has 0 bridgehead atoms. The summed E-state index contributed by atoms with van der Waals surface area (Å²) in [6.07, 6.45) is 1.86. The van der Waals surface area contributed by atoms with Gasteiger partial charge in [-0.2, -0.15) is 0 Å². The van der Waals surface area contributed by atoms with Crippen LogP contribution in [0.3, 0.4) is 0 Å². The molecule has 7 heteroatoms. The lowest BCUT2D eigenvalue weighted by atomic mass is 10.2. The van der Waals surface area contributed by atoms with Gasteiger partial charge in [-0.1, -0.05) is 15.9 Å². The molecule has 6 nitrogen and oxygen atoms in total. The number of pyridine rings is 1. The molecule has 1 fully saturated rings. The molecule has 0 spiro atoms. The summed E-state index contributed by atoms with van der Waals surface area (Å²) in [5.41, 5.74) is 3.15. The maximum atomic E-state index is 13.0. The molecule has 1 aliphatic heterocycles. The van der Waals surface area contributed by atoms with Crippen LogP contribution in [0.2, 0.25) is 0 Å². The lowest BCUT2D eigenvalue weighted by molar-refractivity contribution is -0.0796. The zero-order valence-electron chi connectivity index (χ0n) is 14.6. The summed E-state index contributed by atoms with van der Waals surface area (Å²) in [6.45, 7) is 1.25. The summed E-state index contributed by atoms with van der Waals surface area (Å²) >= 11 is 3.52. The van der Waals surface area contributed by atoms with Crippen molar-refractivity contribution in [1.82, 2.24) is 14.1 Å². The number of nitrogens with zero attached hydrogens (tertiary/aromatic N) is 3. The Morgan fingerprint density at radius 2 is 1.96 bits per heavy atom. The van der Waals surface area contributed by atoms with Crippen molar-refractivity contribution in [2.24, 2.45) is 7.05 Å². The highest BCUT2D eigenvalue weighted by Crippen LogP contribution is 2.28. The van der Waals surface area contributed by atoms with Gasteiger partial charge in [0.25, 0.3) is 0 Å². The highest BCUT2D eigenvalue weighted by molar-refractivity contribution is 9.10. The molecule has 0 unspecified atom stereocenters. The Labute approximate surface area is 163 Å². The first-order chi connectivity index (χ1) is 13.1. The van der Waals surface area contributed by atoms with Gasteiger partial charge in [-0.15, -0.1) is 0 Å². The van der Waals surface area contributed by atoms with E-state index in [1.165, 1.54) is 0 Å². The van der Waals surface area contributed by atoms with E-state index in [9.17, 15) is 4.79 Å². The van der Waals surface area contributed by atoms with Crippen molar-refractivity contribution in [3.05, 3.63) is 63.6 Å². The van der Waals surface area contributed by atoms with E-state index in [4.69, 9.17) is 9.47 Å². The second-order valence-electron chi connectivity index (χ2n) is 6.60. The van der Waals surface area contributed by atoms with Crippen LogP contribution in [0.15, 0.2) is 57.9 Å². The summed E-state index contributed by atoms with van der Waals surface area (Å²) in [5.74, 6) is 0.773. The predicted molar refractivity (Wildman–Crippen MR) is 107 cm³/mol. The van der Waals surface area contributed by atoms with Crippen LogP contribution in [-0.4, -0.2) is 33.4 Å². The third kappa shape index (κ3) is 2.65. The Bertz CT molecular complexity index is 1220. The molecular weight excluding hydrogens is 410 g/mol. The van der Waals surface area contributed by atoms with Crippen LogP contribution in [-0.2, 0) is 11.8 Å². The Kier molecular flexibility index (Phi) is 3.80. The molecule has 0 atom stereocenters. The number of aryl methyl sites for hydroxylation is 1. The van der Waals surface area contributed by atoms with Crippen LogP contribution in [0.1, 0.15) is 0 Å². The first kappa shape index (κ1) is 16.5. The van der Waals surface area contributed by atoms with Gasteiger partial charge in [0.1, 0.15) is 11.9 Å². The maximum absolute atomic E-state index is 13.0. The number of imidazole rings is 1. The summed E-state index contributed by atoms with van der Waals surface area (Å²) in [5, 5.41) is 0.923. The minimum absolute atomic E-state index is 0.111. The molecule has 1 aliphatic rings. The van der Waals surface area contributed by atoms with Gasteiger partial charge in [0.05, 0.1) is 41.6 Å². The third-order valence-corrected chi connectivity index (χ3v) is 5.34. The van der Waals surface area contributed by atoms with E-state index in [0.29, 0.717) is 13.2 Å². The summed E-state index contributed by atoms with van der Waals surface area (Å²) in [7, 11) is 1.76. The fourth-order valence-corrected chi connectivity index (χ4v) is 3.72. The molecule has 0 N–H and O–H groups in total. The number of aromatic nitrogens is 3. The first-order valence-electron chi connectivity index (χ1n) is 8.62. The van der Waals surface area contributed by atoms with E-state index >= 15 is 0 Å². The Morgan fingerprint density at radius 3 is 2.67 bits per heavy atom. The van der Waals surface area contributed by atoms with Crippen molar-refractivity contribution in [1.29, 1.82) is 0 Å². The molecule has 2 aromatic heterocycles. The zero-order valence-corrected chi connectivity index (χ0v) is 16.1. The molecule has 0 amide bonds. The number of benzene rings is 2. The molecule has 0 radical (unpaired) electrons. The molecular formula is C20H16BrN3O3. The van der Waals surface area contributed by atoms with Gasteiger partial charge in [0, 0.05) is 16.9 Å². The normalized spacial score (nSPS) is 14.6. The molecule has 27 heavy (non-hydrogen) atoms. The number of fused-ring (bicyclic) bond motifs is 3. The SMILES string of the molecule is Cn1c(=O)n(-c2ccc(OC3COC3)cc2)c2c3cc(Br)ccc3ncc21. The van der Waals surface area contributed by atoms with Gasteiger partial charge in [-0.25, -0.2) is 4.79 Å². The van der Waals surface area contributed by atoms with Crippen molar-refractivity contribution in [3.8, 4) is 11.4 Å². The van der Waals surface area contributed by atoms with Crippen molar-refractivity contribution in [3.63, 3.8) is 0 Å². The first-order valence-corrected chi connectivity index (χ1v) is 9.41. The number of hydrogen-bond donors (Lipinski definition) is 0. The summed E-state index contributed by atoms with van der Waals surface area (Å²) < 4.78 is 15.2. The topological polar surface area (TPSA) is 58.3 Å². The minimum atomic E-state index is -0.111. The smallest absolute Gasteiger partial charge is 0.333 e. The molecule has 136 valence electrons. The second-order valence-corrected chi connectivity index (χ2v) is 7.52. The van der Waals surface area contributed by atoms with E-state index in [1.54, 1.807) is 22.4 Å². The maximum Gasteiger partial charge on any atom is 0.333 e. The molecule has 3 heterocycles. The van der Waals surface area contributed by atoms with Gasteiger partial charge in [0.2, 0.25) is 0 Å². The molecule has 1 saturated heterocycles. The Hall–Kier alpha value is -2.64. The lowest BCUT2D eigenvalue weighted by Crippen LogP contribution is -2.38. The molecule has 0 aliphatic carbocycles. The van der Waals surface area contributed by atoms with Crippen molar-refractivity contribution >= 4 is 37.9 Å². The monoisotopic (exact) mass is 425 g/mol. The minimum Gasteiger partial charge on any atom is -0.486 e. The largest absolute Gasteiger partial charge is 0.486 e. The fourth-order valence-electron chi connectivity index (χ4n) is 3.36. The highest BCUT2D eigenvalue weighted by Gasteiger charge is 2.20.